The van der Waals surface area contributed by atoms with Crippen LogP contribution in [0.25, 0.3) is 10.9 Å². The van der Waals surface area contributed by atoms with Crippen molar-refractivity contribution >= 4 is 32.7 Å². The summed E-state index contributed by atoms with van der Waals surface area (Å²) >= 11 is 3.52. The van der Waals surface area contributed by atoms with Crippen molar-refractivity contribution in [3.8, 4) is 0 Å². The summed E-state index contributed by atoms with van der Waals surface area (Å²) < 4.78 is 12.3. The molecule has 3 heterocycles. The predicted octanol–water partition coefficient (Wildman–Crippen LogP) is 3.56. The smallest absolute Gasteiger partial charge is 0.140 e. The van der Waals surface area contributed by atoms with E-state index in [1.165, 1.54) is 0 Å². The van der Waals surface area contributed by atoms with Crippen molar-refractivity contribution in [2.24, 2.45) is 0 Å². The first kappa shape index (κ1) is 13.7. The Kier molecular flexibility index (Phi) is 3.56. The zero-order valence-electron chi connectivity index (χ0n) is 11.8. The minimum Gasteiger partial charge on any atom is -0.467 e. The van der Waals surface area contributed by atoms with E-state index < -0.39 is 0 Å². The van der Waals surface area contributed by atoms with Crippen LogP contribution in [0.15, 0.2) is 51.8 Å². The zero-order valence-corrected chi connectivity index (χ0v) is 13.4. The van der Waals surface area contributed by atoms with E-state index in [0.29, 0.717) is 13.2 Å². The van der Waals surface area contributed by atoms with E-state index in [9.17, 15) is 0 Å². The Labute approximate surface area is 136 Å². The van der Waals surface area contributed by atoms with Gasteiger partial charge in [-0.05, 0) is 30.3 Å². The molecule has 0 radical (unpaired) electrons. The maximum Gasteiger partial charge on any atom is 0.140 e. The van der Waals surface area contributed by atoms with Crippen LogP contribution in [0.5, 0.6) is 0 Å². The fourth-order valence-electron chi connectivity index (χ4n) is 2.76. The molecule has 22 heavy (non-hydrogen) atoms. The van der Waals surface area contributed by atoms with Gasteiger partial charge >= 0.3 is 0 Å². The minimum atomic E-state index is -0.0686. The van der Waals surface area contributed by atoms with Crippen molar-refractivity contribution in [3.05, 3.63) is 53.2 Å². The van der Waals surface area contributed by atoms with E-state index in [2.05, 4.69) is 36.9 Å². The molecule has 2 aromatic heterocycles. The van der Waals surface area contributed by atoms with Crippen LogP contribution in [0.3, 0.4) is 0 Å². The van der Waals surface area contributed by atoms with Crippen LogP contribution < -0.4 is 4.90 Å². The number of ether oxygens (including phenoxy) is 1. The minimum absolute atomic E-state index is 0.0686. The van der Waals surface area contributed by atoms with Crippen molar-refractivity contribution < 1.29 is 9.15 Å². The van der Waals surface area contributed by atoms with Gasteiger partial charge in [0, 0.05) is 16.4 Å². The van der Waals surface area contributed by atoms with Crippen LogP contribution >= 0.6 is 15.9 Å². The number of hydrogen-bond donors (Lipinski definition) is 0. The number of morpholine rings is 1. The molecule has 0 bridgehead atoms. The SMILES string of the molecule is Brc1ccc2ncnc(N3CCOC(c4ccco4)C3)c2c1. The van der Waals surface area contributed by atoms with Gasteiger partial charge in [0.2, 0.25) is 0 Å². The molecule has 0 aliphatic carbocycles. The average Bonchev–Trinajstić information content (AvgIpc) is 3.09. The summed E-state index contributed by atoms with van der Waals surface area (Å²) in [5, 5.41) is 1.04. The van der Waals surface area contributed by atoms with E-state index in [4.69, 9.17) is 9.15 Å². The number of furan rings is 1. The third-order valence-electron chi connectivity index (χ3n) is 3.80. The van der Waals surface area contributed by atoms with E-state index >= 15 is 0 Å². The van der Waals surface area contributed by atoms with Crippen LogP contribution in [-0.4, -0.2) is 29.7 Å². The molecule has 1 unspecified atom stereocenters. The highest BCUT2D eigenvalue weighted by atomic mass is 79.9. The van der Waals surface area contributed by atoms with Gasteiger partial charge in [-0.1, -0.05) is 15.9 Å². The van der Waals surface area contributed by atoms with Gasteiger partial charge in [-0.25, -0.2) is 9.97 Å². The van der Waals surface area contributed by atoms with Crippen LogP contribution in [0.4, 0.5) is 5.82 Å². The molecule has 5 nitrogen and oxygen atoms in total. The number of halogens is 1. The molecule has 0 N–H and O–H groups in total. The second-order valence-corrected chi connectivity index (χ2v) is 6.10. The van der Waals surface area contributed by atoms with Crippen molar-refractivity contribution in [2.75, 3.05) is 24.6 Å². The monoisotopic (exact) mass is 359 g/mol. The van der Waals surface area contributed by atoms with E-state index in [0.717, 1.165) is 33.5 Å². The Bertz CT molecular complexity index is 791. The molecule has 1 fully saturated rings. The topological polar surface area (TPSA) is 51.4 Å². The van der Waals surface area contributed by atoms with Crippen molar-refractivity contribution in [3.63, 3.8) is 0 Å². The van der Waals surface area contributed by atoms with Gasteiger partial charge in [0.25, 0.3) is 0 Å². The van der Waals surface area contributed by atoms with E-state index in [1.54, 1.807) is 12.6 Å². The molecule has 6 heteroatoms. The lowest BCUT2D eigenvalue weighted by molar-refractivity contribution is 0.0256. The second-order valence-electron chi connectivity index (χ2n) is 5.18. The highest BCUT2D eigenvalue weighted by Gasteiger charge is 2.25. The van der Waals surface area contributed by atoms with Gasteiger partial charge in [0.15, 0.2) is 0 Å². The summed E-state index contributed by atoms with van der Waals surface area (Å²) in [7, 11) is 0. The summed E-state index contributed by atoms with van der Waals surface area (Å²) in [5.74, 6) is 1.79. The summed E-state index contributed by atoms with van der Waals surface area (Å²) in [6.45, 7) is 2.16. The second kappa shape index (κ2) is 5.70. The van der Waals surface area contributed by atoms with E-state index in [-0.39, 0.29) is 6.10 Å². The lowest BCUT2D eigenvalue weighted by Crippen LogP contribution is -2.38. The number of rotatable bonds is 2. The molecule has 1 saturated heterocycles. The number of anilines is 1. The van der Waals surface area contributed by atoms with Gasteiger partial charge < -0.3 is 14.1 Å². The normalized spacial score (nSPS) is 18.8. The molecule has 4 rings (SSSR count). The lowest BCUT2D eigenvalue weighted by Gasteiger charge is -2.33. The quantitative estimate of drug-likeness (QED) is 0.700. The molecule has 1 aliphatic heterocycles. The van der Waals surface area contributed by atoms with Crippen molar-refractivity contribution in [2.45, 2.75) is 6.10 Å². The Balaban J connectivity index is 1.70. The largest absolute Gasteiger partial charge is 0.467 e. The Morgan fingerprint density at radius 3 is 3.05 bits per heavy atom. The van der Waals surface area contributed by atoms with Crippen LogP contribution in [0, 0.1) is 0 Å². The first-order valence-electron chi connectivity index (χ1n) is 7.11. The Hall–Kier alpha value is -1.92. The van der Waals surface area contributed by atoms with Crippen LogP contribution in [0.1, 0.15) is 11.9 Å². The molecule has 0 saturated carbocycles. The van der Waals surface area contributed by atoms with Crippen LogP contribution in [-0.2, 0) is 4.74 Å². The number of benzene rings is 1. The molecular formula is C16H14BrN3O2. The Morgan fingerprint density at radius 1 is 1.23 bits per heavy atom. The fourth-order valence-corrected chi connectivity index (χ4v) is 3.12. The zero-order chi connectivity index (χ0) is 14.9. The first-order chi connectivity index (χ1) is 10.8. The van der Waals surface area contributed by atoms with Gasteiger partial charge in [-0.3, -0.25) is 0 Å². The van der Waals surface area contributed by atoms with Crippen molar-refractivity contribution in [1.82, 2.24) is 9.97 Å². The summed E-state index contributed by atoms with van der Waals surface area (Å²) in [6, 6.07) is 9.87. The van der Waals surface area contributed by atoms with Gasteiger partial charge in [0.05, 0.1) is 24.9 Å². The fraction of sp³-hybridized carbons (Fsp3) is 0.250. The first-order valence-corrected chi connectivity index (χ1v) is 7.91. The molecule has 1 atom stereocenters. The maximum atomic E-state index is 5.82. The number of nitrogens with zero attached hydrogens (tertiary/aromatic N) is 3. The van der Waals surface area contributed by atoms with Crippen LogP contribution in [0.2, 0.25) is 0 Å². The van der Waals surface area contributed by atoms with Gasteiger partial charge in [0.1, 0.15) is 24.0 Å². The number of fused-ring (bicyclic) bond motifs is 1. The Morgan fingerprint density at radius 2 is 2.18 bits per heavy atom. The molecule has 1 aromatic carbocycles. The average molecular weight is 360 g/mol. The van der Waals surface area contributed by atoms with Gasteiger partial charge in [-0.15, -0.1) is 0 Å². The van der Waals surface area contributed by atoms with Gasteiger partial charge in [-0.2, -0.15) is 0 Å². The molecule has 3 aromatic rings. The van der Waals surface area contributed by atoms with E-state index in [1.807, 2.05) is 24.3 Å². The highest BCUT2D eigenvalue weighted by Crippen LogP contribution is 2.30. The molecular weight excluding hydrogens is 346 g/mol. The number of aromatic nitrogens is 2. The summed E-state index contributed by atoms with van der Waals surface area (Å²) in [6.07, 6.45) is 3.22. The summed E-state index contributed by atoms with van der Waals surface area (Å²) in [4.78, 5) is 11.1. The number of hydrogen-bond acceptors (Lipinski definition) is 5. The third kappa shape index (κ3) is 2.48. The predicted molar refractivity (Wildman–Crippen MR) is 86.9 cm³/mol. The molecule has 0 spiro atoms. The molecule has 1 aliphatic rings. The summed E-state index contributed by atoms with van der Waals surface area (Å²) in [5.41, 5.74) is 0.939. The standard InChI is InChI=1S/C16H14BrN3O2/c17-11-3-4-13-12(8-11)16(19-10-18-13)20-5-7-22-15(9-20)14-2-1-6-21-14/h1-4,6,8,10,15H,5,7,9H2. The third-order valence-corrected chi connectivity index (χ3v) is 4.30. The lowest BCUT2D eigenvalue weighted by atomic mass is 10.2. The molecule has 0 amide bonds. The van der Waals surface area contributed by atoms with Crippen molar-refractivity contribution in [1.29, 1.82) is 0 Å². The molecule has 112 valence electrons. The maximum absolute atomic E-state index is 5.82. The highest BCUT2D eigenvalue weighted by molar-refractivity contribution is 9.10.